The van der Waals surface area contributed by atoms with Crippen molar-refractivity contribution in [3.05, 3.63) is 47.5 Å². The van der Waals surface area contributed by atoms with Gasteiger partial charge in [0, 0.05) is 37.4 Å². The number of ether oxygens (including phenoxy) is 2. The molecule has 2 heterocycles. The number of anilines is 2. The summed E-state index contributed by atoms with van der Waals surface area (Å²) in [6.07, 6.45) is 2.28. The maximum atomic E-state index is 14.4. The van der Waals surface area contributed by atoms with Gasteiger partial charge in [-0.25, -0.2) is 14.4 Å². The third-order valence-corrected chi connectivity index (χ3v) is 6.90. The smallest absolute Gasteiger partial charge is 0.251 e. The van der Waals surface area contributed by atoms with Crippen LogP contribution in [0, 0.1) is 11.7 Å². The number of likely N-dealkylation sites (tertiary alicyclic amines) is 1. The van der Waals surface area contributed by atoms with Gasteiger partial charge in [0.2, 0.25) is 0 Å². The lowest BCUT2D eigenvalue weighted by Gasteiger charge is -2.34. The highest BCUT2D eigenvalue weighted by atomic mass is 35.5. The monoisotopic (exact) mass is 516 g/mol. The summed E-state index contributed by atoms with van der Waals surface area (Å²) in [5, 5.41) is 13.9. The Morgan fingerprint density at radius 1 is 1.28 bits per heavy atom. The molecule has 192 valence electrons. The van der Waals surface area contributed by atoms with Crippen LogP contribution in [0.1, 0.15) is 33.1 Å². The lowest BCUT2D eigenvalue weighted by Crippen LogP contribution is -2.47. The van der Waals surface area contributed by atoms with Gasteiger partial charge in [0.15, 0.2) is 17.3 Å². The van der Waals surface area contributed by atoms with Crippen molar-refractivity contribution in [2.75, 3.05) is 25.5 Å². The Labute approximate surface area is 214 Å². The Morgan fingerprint density at radius 3 is 2.72 bits per heavy atom. The molecular weight excluding hydrogens is 487 g/mol. The molecule has 8 nitrogen and oxygen atoms in total. The fourth-order valence-corrected chi connectivity index (χ4v) is 4.35. The number of methoxy groups -OCH3 is 1. The molecule has 10 heteroatoms. The van der Waals surface area contributed by atoms with Gasteiger partial charge in [0.05, 0.1) is 23.3 Å². The van der Waals surface area contributed by atoms with E-state index in [2.05, 4.69) is 15.3 Å². The number of aliphatic hydroxyl groups is 1. The number of aromatic nitrogens is 2. The van der Waals surface area contributed by atoms with Gasteiger partial charge in [-0.15, -0.1) is 0 Å². The lowest BCUT2D eigenvalue weighted by molar-refractivity contribution is -0.144. The summed E-state index contributed by atoms with van der Waals surface area (Å²) in [5.41, 5.74) is 0.788. The Bertz CT molecular complexity index is 1240. The van der Waals surface area contributed by atoms with Crippen LogP contribution >= 0.6 is 11.6 Å². The second-order valence-electron chi connectivity index (χ2n) is 8.94. The van der Waals surface area contributed by atoms with Crippen molar-refractivity contribution in [2.45, 2.75) is 45.3 Å². The zero-order valence-electron chi connectivity index (χ0n) is 20.5. The van der Waals surface area contributed by atoms with Crippen molar-refractivity contribution < 1.29 is 23.8 Å². The van der Waals surface area contributed by atoms with Crippen molar-refractivity contribution >= 4 is 39.9 Å². The van der Waals surface area contributed by atoms with E-state index >= 15 is 0 Å². The van der Waals surface area contributed by atoms with Crippen LogP contribution in [0.2, 0.25) is 5.02 Å². The number of amides is 1. The molecule has 1 saturated heterocycles. The van der Waals surface area contributed by atoms with Gasteiger partial charge in [-0.2, -0.15) is 0 Å². The van der Waals surface area contributed by atoms with Crippen molar-refractivity contribution in [3.63, 3.8) is 0 Å². The van der Waals surface area contributed by atoms with Gasteiger partial charge in [0.25, 0.3) is 5.91 Å². The number of benzene rings is 2. The van der Waals surface area contributed by atoms with Crippen LogP contribution in [0.25, 0.3) is 10.9 Å². The number of piperidine rings is 1. The molecule has 0 saturated carbocycles. The van der Waals surface area contributed by atoms with Gasteiger partial charge < -0.3 is 24.8 Å². The molecule has 4 rings (SSSR count). The number of rotatable bonds is 8. The van der Waals surface area contributed by atoms with E-state index in [4.69, 9.17) is 21.1 Å². The molecule has 2 aromatic carbocycles. The fourth-order valence-electron chi connectivity index (χ4n) is 4.17. The van der Waals surface area contributed by atoms with Crippen molar-refractivity contribution in [1.29, 1.82) is 0 Å². The van der Waals surface area contributed by atoms with Crippen LogP contribution in [0.4, 0.5) is 15.9 Å². The summed E-state index contributed by atoms with van der Waals surface area (Å²) >= 11 is 5.90. The largest absolute Gasteiger partial charge is 0.493 e. The normalized spacial score (nSPS) is 16.0. The average Bonchev–Trinajstić information content (AvgIpc) is 2.90. The van der Waals surface area contributed by atoms with E-state index in [0.717, 1.165) is 6.42 Å². The maximum absolute atomic E-state index is 14.4. The number of nitrogens with zero attached hydrogens (tertiary/aromatic N) is 3. The number of hydrogen-bond donors (Lipinski definition) is 2. The highest BCUT2D eigenvalue weighted by Crippen LogP contribution is 2.36. The predicted molar refractivity (Wildman–Crippen MR) is 136 cm³/mol. The zero-order chi connectivity index (χ0) is 25.8. The zero-order valence-corrected chi connectivity index (χ0v) is 21.3. The van der Waals surface area contributed by atoms with E-state index in [9.17, 15) is 14.3 Å². The highest BCUT2D eigenvalue weighted by Gasteiger charge is 2.30. The average molecular weight is 517 g/mol. The molecule has 1 aliphatic heterocycles. The summed E-state index contributed by atoms with van der Waals surface area (Å²) in [6.45, 7) is 4.85. The van der Waals surface area contributed by atoms with Crippen LogP contribution in [-0.2, 0) is 4.79 Å². The Balaban J connectivity index is 1.50. The number of halogens is 2. The van der Waals surface area contributed by atoms with Crippen LogP contribution in [0.5, 0.6) is 11.5 Å². The number of carbonyl (C=O) groups excluding carboxylic acids is 1. The number of hydrogen-bond acceptors (Lipinski definition) is 7. The van der Waals surface area contributed by atoms with Gasteiger partial charge in [0.1, 0.15) is 24.4 Å². The molecule has 1 aromatic heterocycles. The summed E-state index contributed by atoms with van der Waals surface area (Å²) in [5.74, 6) is 0.534. The maximum Gasteiger partial charge on any atom is 0.251 e. The highest BCUT2D eigenvalue weighted by molar-refractivity contribution is 6.31. The molecule has 1 fully saturated rings. The molecule has 1 aliphatic rings. The molecule has 0 radical (unpaired) electrons. The standard InChI is InChI=1S/C26H30ClFN4O4/c1-4-15(2)24(33)26(34)32-10-8-16(9-11-32)36-22-13-20-17(12-21(22)35-3)25(30-14-29-20)31-19-7-5-6-18(27)23(19)28/h5-7,12-16,24,33H,4,8-11H2,1-3H3,(H,29,30,31)/t15-,24-/m0/s1. The van der Waals surface area contributed by atoms with E-state index in [-0.39, 0.29) is 28.6 Å². The Hall–Kier alpha value is -3.17. The third-order valence-electron chi connectivity index (χ3n) is 6.61. The molecule has 2 atom stereocenters. The molecule has 2 N–H and O–H groups in total. The quantitative estimate of drug-likeness (QED) is 0.437. The number of aliphatic hydroxyl groups excluding tert-OH is 1. The van der Waals surface area contributed by atoms with Crippen molar-refractivity contribution in [2.24, 2.45) is 5.92 Å². The molecule has 0 unspecified atom stereocenters. The van der Waals surface area contributed by atoms with E-state index in [1.54, 1.807) is 36.3 Å². The molecule has 0 spiro atoms. The minimum absolute atomic E-state index is 0.00811. The van der Waals surface area contributed by atoms with Crippen LogP contribution in [0.3, 0.4) is 0 Å². The van der Waals surface area contributed by atoms with Crippen molar-refractivity contribution in [1.82, 2.24) is 14.9 Å². The summed E-state index contributed by atoms with van der Waals surface area (Å²) in [7, 11) is 1.54. The van der Waals surface area contributed by atoms with E-state index in [0.29, 0.717) is 54.2 Å². The third kappa shape index (κ3) is 5.47. The molecule has 1 amide bonds. The molecule has 0 bridgehead atoms. The van der Waals surface area contributed by atoms with Crippen LogP contribution in [0.15, 0.2) is 36.7 Å². The minimum atomic E-state index is -0.976. The first-order valence-corrected chi connectivity index (χ1v) is 12.4. The Morgan fingerprint density at radius 2 is 2.03 bits per heavy atom. The van der Waals surface area contributed by atoms with Gasteiger partial charge in [-0.3, -0.25) is 4.79 Å². The molecular formula is C26H30ClFN4O4. The SMILES string of the molecule is CC[C@H](C)[C@H](O)C(=O)N1CCC(Oc2cc3ncnc(Nc4cccc(Cl)c4F)c3cc2OC)CC1. The van der Waals surface area contributed by atoms with Gasteiger partial charge in [-0.1, -0.05) is 37.9 Å². The fraction of sp³-hybridized carbons (Fsp3) is 0.423. The first-order chi connectivity index (χ1) is 17.3. The van der Waals surface area contributed by atoms with E-state index in [1.165, 1.54) is 12.4 Å². The number of fused-ring (bicyclic) bond motifs is 1. The van der Waals surface area contributed by atoms with Crippen molar-refractivity contribution in [3.8, 4) is 11.5 Å². The first kappa shape index (κ1) is 25.9. The van der Waals surface area contributed by atoms with Gasteiger partial charge >= 0.3 is 0 Å². The van der Waals surface area contributed by atoms with E-state index < -0.39 is 11.9 Å². The molecule has 36 heavy (non-hydrogen) atoms. The first-order valence-electron chi connectivity index (χ1n) is 12.0. The molecule has 0 aliphatic carbocycles. The predicted octanol–water partition coefficient (Wildman–Crippen LogP) is 4.95. The summed E-state index contributed by atoms with van der Waals surface area (Å²) < 4.78 is 26.2. The molecule has 3 aromatic rings. The lowest BCUT2D eigenvalue weighted by atomic mass is 9.99. The topological polar surface area (TPSA) is 96.8 Å². The van der Waals surface area contributed by atoms with E-state index in [1.807, 2.05) is 13.8 Å². The number of nitrogens with one attached hydrogen (secondary N) is 1. The minimum Gasteiger partial charge on any atom is -0.493 e. The second-order valence-corrected chi connectivity index (χ2v) is 9.35. The van der Waals surface area contributed by atoms with Crippen LogP contribution in [-0.4, -0.2) is 58.3 Å². The van der Waals surface area contributed by atoms with Crippen LogP contribution < -0.4 is 14.8 Å². The number of carbonyl (C=O) groups is 1. The summed E-state index contributed by atoms with van der Waals surface area (Å²) in [4.78, 5) is 22.9. The van der Waals surface area contributed by atoms with Gasteiger partial charge in [-0.05, 0) is 24.1 Å². The second kappa shape index (κ2) is 11.3. The summed E-state index contributed by atoms with van der Waals surface area (Å²) in [6, 6.07) is 8.20. The Kier molecular flexibility index (Phi) is 8.11.